The summed E-state index contributed by atoms with van der Waals surface area (Å²) < 4.78 is 0. The molecule has 25 heavy (non-hydrogen) atoms. The Hall–Kier alpha value is -2.12. The molecule has 7 heteroatoms. The highest BCUT2D eigenvalue weighted by Gasteiger charge is 2.17. The molecule has 3 heterocycles. The number of pyridine rings is 1. The van der Waals surface area contributed by atoms with E-state index < -0.39 is 0 Å². The van der Waals surface area contributed by atoms with Crippen LogP contribution in [-0.2, 0) is 13.0 Å². The number of aromatic nitrogens is 1. The quantitative estimate of drug-likeness (QED) is 0.606. The van der Waals surface area contributed by atoms with Crippen molar-refractivity contribution < 1.29 is 0 Å². The van der Waals surface area contributed by atoms with Crippen molar-refractivity contribution in [1.29, 1.82) is 0 Å². The van der Waals surface area contributed by atoms with Crippen molar-refractivity contribution in [3.05, 3.63) is 46.3 Å². The van der Waals surface area contributed by atoms with Gasteiger partial charge in [-0.1, -0.05) is 12.1 Å². The largest absolute Gasteiger partial charge is 0.370 e. The predicted octanol–water partition coefficient (Wildman–Crippen LogP) is 1.54. The topological polar surface area (TPSA) is 69.8 Å². The Labute approximate surface area is 153 Å². The second-order valence-corrected chi connectivity index (χ2v) is 7.27. The smallest absolute Gasteiger partial charge is 0.188 e. The van der Waals surface area contributed by atoms with Crippen molar-refractivity contribution in [3.63, 3.8) is 0 Å². The van der Waals surface area contributed by atoms with Crippen LogP contribution < -0.4 is 16.0 Å². The fraction of sp³-hybridized carbons (Fsp3) is 0.444. The number of nitrogens with two attached hydrogens (primary N) is 1. The number of hydrogen-bond acceptors (Lipinski definition) is 5. The van der Waals surface area contributed by atoms with Gasteiger partial charge in [0.25, 0.3) is 0 Å². The van der Waals surface area contributed by atoms with Gasteiger partial charge in [0, 0.05) is 49.4 Å². The van der Waals surface area contributed by atoms with Crippen LogP contribution in [-0.4, -0.2) is 55.6 Å². The van der Waals surface area contributed by atoms with Gasteiger partial charge in [0.15, 0.2) is 5.96 Å². The number of piperazine rings is 1. The van der Waals surface area contributed by atoms with E-state index in [4.69, 9.17) is 5.73 Å². The zero-order chi connectivity index (χ0) is 17.5. The molecule has 0 bridgehead atoms. The Morgan fingerprint density at radius 3 is 2.88 bits per heavy atom. The summed E-state index contributed by atoms with van der Waals surface area (Å²) in [6.45, 7) is 5.47. The molecule has 1 fully saturated rings. The zero-order valence-electron chi connectivity index (χ0n) is 14.7. The number of aliphatic imine (C=N–C) groups is 1. The first-order valence-corrected chi connectivity index (χ1v) is 9.54. The van der Waals surface area contributed by atoms with Gasteiger partial charge in [-0.2, -0.15) is 0 Å². The molecule has 0 aliphatic carbocycles. The number of thiophene rings is 1. The summed E-state index contributed by atoms with van der Waals surface area (Å²) in [6, 6.07) is 8.26. The first-order valence-electron chi connectivity index (χ1n) is 8.66. The summed E-state index contributed by atoms with van der Waals surface area (Å²) in [5.41, 5.74) is 7.13. The van der Waals surface area contributed by atoms with Gasteiger partial charge in [-0.25, -0.2) is 9.98 Å². The van der Waals surface area contributed by atoms with Crippen LogP contribution in [0.2, 0.25) is 0 Å². The van der Waals surface area contributed by atoms with Crippen molar-refractivity contribution in [2.24, 2.45) is 10.7 Å². The van der Waals surface area contributed by atoms with Crippen LogP contribution in [0.1, 0.15) is 10.4 Å². The lowest BCUT2D eigenvalue weighted by Crippen LogP contribution is -2.45. The average Bonchev–Trinajstić information content (AvgIpc) is 3.14. The maximum absolute atomic E-state index is 6.01. The molecule has 1 aliphatic rings. The fourth-order valence-corrected chi connectivity index (χ4v) is 3.56. The third kappa shape index (κ3) is 5.17. The van der Waals surface area contributed by atoms with Crippen LogP contribution in [0.15, 0.2) is 40.8 Å². The maximum Gasteiger partial charge on any atom is 0.188 e. The molecule has 0 spiro atoms. The van der Waals surface area contributed by atoms with E-state index in [1.165, 1.54) is 4.88 Å². The summed E-state index contributed by atoms with van der Waals surface area (Å²) in [6.07, 6.45) is 2.82. The monoisotopic (exact) mass is 358 g/mol. The van der Waals surface area contributed by atoms with Gasteiger partial charge < -0.3 is 20.9 Å². The van der Waals surface area contributed by atoms with Crippen molar-refractivity contribution >= 4 is 23.1 Å². The number of rotatable bonds is 6. The van der Waals surface area contributed by atoms with Gasteiger partial charge in [-0.3, -0.25) is 0 Å². The molecule has 1 aliphatic heterocycles. The Morgan fingerprint density at radius 1 is 1.28 bits per heavy atom. The van der Waals surface area contributed by atoms with E-state index in [1.807, 2.05) is 12.3 Å². The van der Waals surface area contributed by atoms with Gasteiger partial charge in [-0.05, 0) is 31.0 Å². The molecule has 1 saturated heterocycles. The standard InChI is InChI=1S/C18H26N6S/c1-23-9-11-24(12-10-23)17-15(4-2-7-20-17)14-22-18(19)21-8-6-16-5-3-13-25-16/h2-5,7,13H,6,8-12,14H2,1H3,(H3,19,21,22). The van der Waals surface area contributed by atoms with Gasteiger partial charge in [-0.15, -0.1) is 11.3 Å². The third-order valence-electron chi connectivity index (χ3n) is 4.35. The van der Waals surface area contributed by atoms with E-state index >= 15 is 0 Å². The number of guanidine groups is 1. The van der Waals surface area contributed by atoms with E-state index in [1.54, 1.807) is 11.3 Å². The maximum atomic E-state index is 6.01. The summed E-state index contributed by atoms with van der Waals surface area (Å²) in [5.74, 6) is 1.52. The summed E-state index contributed by atoms with van der Waals surface area (Å²) in [4.78, 5) is 15.1. The van der Waals surface area contributed by atoms with E-state index in [-0.39, 0.29) is 0 Å². The van der Waals surface area contributed by atoms with Gasteiger partial charge in [0.1, 0.15) is 5.82 Å². The Bertz CT molecular complexity index is 677. The van der Waals surface area contributed by atoms with Gasteiger partial charge in [0.05, 0.1) is 6.54 Å². The molecule has 3 N–H and O–H groups in total. The minimum atomic E-state index is 0.490. The Kier molecular flexibility index (Phi) is 6.25. The van der Waals surface area contributed by atoms with Crippen molar-refractivity contribution in [2.45, 2.75) is 13.0 Å². The van der Waals surface area contributed by atoms with Gasteiger partial charge in [0.2, 0.25) is 0 Å². The first kappa shape index (κ1) is 17.7. The number of nitrogens with zero attached hydrogens (tertiary/aromatic N) is 4. The van der Waals surface area contributed by atoms with Crippen LogP contribution in [0.5, 0.6) is 0 Å². The van der Waals surface area contributed by atoms with E-state index in [9.17, 15) is 0 Å². The van der Waals surface area contributed by atoms with Crippen molar-refractivity contribution in [3.8, 4) is 0 Å². The molecule has 134 valence electrons. The van der Waals surface area contributed by atoms with E-state index in [2.05, 4.69) is 55.7 Å². The molecule has 0 radical (unpaired) electrons. The van der Waals surface area contributed by atoms with Crippen LogP contribution >= 0.6 is 11.3 Å². The molecule has 0 saturated carbocycles. The normalized spacial score (nSPS) is 16.2. The van der Waals surface area contributed by atoms with Crippen LogP contribution in [0.4, 0.5) is 5.82 Å². The number of likely N-dealkylation sites (N-methyl/N-ethyl adjacent to an activating group) is 1. The highest BCUT2D eigenvalue weighted by atomic mass is 32.1. The second-order valence-electron chi connectivity index (χ2n) is 6.23. The number of nitrogens with one attached hydrogen (secondary N) is 1. The lowest BCUT2D eigenvalue weighted by Gasteiger charge is -2.34. The molecule has 0 unspecified atom stereocenters. The van der Waals surface area contributed by atoms with Gasteiger partial charge >= 0.3 is 0 Å². The van der Waals surface area contributed by atoms with Crippen LogP contribution in [0.25, 0.3) is 0 Å². The lowest BCUT2D eigenvalue weighted by molar-refractivity contribution is 0.312. The molecule has 0 aromatic carbocycles. The van der Waals surface area contributed by atoms with Crippen LogP contribution in [0.3, 0.4) is 0 Å². The summed E-state index contributed by atoms with van der Waals surface area (Å²) in [5, 5.41) is 5.28. The molecule has 2 aromatic heterocycles. The van der Waals surface area contributed by atoms with E-state index in [0.29, 0.717) is 12.5 Å². The Morgan fingerprint density at radius 2 is 2.12 bits per heavy atom. The average molecular weight is 359 g/mol. The highest BCUT2D eigenvalue weighted by molar-refractivity contribution is 7.09. The molecule has 0 amide bonds. The van der Waals surface area contributed by atoms with Crippen molar-refractivity contribution in [1.82, 2.24) is 15.2 Å². The number of hydrogen-bond donors (Lipinski definition) is 2. The third-order valence-corrected chi connectivity index (χ3v) is 5.28. The molecule has 6 nitrogen and oxygen atoms in total. The summed E-state index contributed by atoms with van der Waals surface area (Å²) >= 11 is 1.76. The molecule has 3 rings (SSSR count). The predicted molar refractivity (Wildman–Crippen MR) is 105 cm³/mol. The fourth-order valence-electron chi connectivity index (χ4n) is 2.85. The lowest BCUT2D eigenvalue weighted by atomic mass is 10.2. The molecule has 2 aromatic rings. The first-order chi connectivity index (χ1) is 12.2. The second kappa shape index (κ2) is 8.82. The van der Waals surface area contributed by atoms with Crippen molar-refractivity contribution in [2.75, 3.05) is 44.7 Å². The zero-order valence-corrected chi connectivity index (χ0v) is 15.5. The SMILES string of the molecule is CN1CCN(c2ncccc2CN=C(N)NCCc2cccs2)CC1. The van der Waals surface area contributed by atoms with Crippen LogP contribution in [0, 0.1) is 0 Å². The minimum absolute atomic E-state index is 0.490. The summed E-state index contributed by atoms with van der Waals surface area (Å²) in [7, 11) is 2.16. The molecular weight excluding hydrogens is 332 g/mol. The molecule has 0 atom stereocenters. The highest BCUT2D eigenvalue weighted by Crippen LogP contribution is 2.19. The minimum Gasteiger partial charge on any atom is -0.370 e. The molecular formula is C18H26N6S. The van der Waals surface area contributed by atoms with E-state index in [0.717, 1.165) is 50.5 Å². The Balaban J connectivity index is 1.55. The number of anilines is 1.